The Bertz CT molecular complexity index is 1340. The summed E-state index contributed by atoms with van der Waals surface area (Å²) in [7, 11) is -2.83. The Morgan fingerprint density at radius 2 is 2.00 bits per heavy atom. The van der Waals surface area contributed by atoms with E-state index in [1.807, 2.05) is 30.5 Å². The van der Waals surface area contributed by atoms with E-state index < -0.39 is 22.0 Å². The smallest absolute Gasteiger partial charge is 0.324 e. The molecule has 0 amide bonds. The number of halogens is 2. The number of esters is 1. The second-order valence-corrected chi connectivity index (χ2v) is 10.4. The summed E-state index contributed by atoms with van der Waals surface area (Å²) < 4.78 is 40.5. The lowest BCUT2D eigenvalue weighted by Crippen LogP contribution is -2.41. The van der Waals surface area contributed by atoms with Crippen LogP contribution in [0.2, 0.25) is 10.0 Å². The van der Waals surface area contributed by atoms with Gasteiger partial charge in [0.15, 0.2) is 11.4 Å². The third-order valence-electron chi connectivity index (χ3n) is 5.88. The zero-order chi connectivity index (χ0) is 23.9. The van der Waals surface area contributed by atoms with Crippen LogP contribution in [0.1, 0.15) is 29.8 Å². The van der Waals surface area contributed by atoms with Gasteiger partial charge in [0.05, 0.1) is 17.8 Å². The molecular formula is C22H23Cl2N3O5S. The molecule has 11 heteroatoms. The summed E-state index contributed by atoms with van der Waals surface area (Å²) >= 11 is 12.9. The highest BCUT2D eigenvalue weighted by atomic mass is 35.5. The number of hydrogen-bond acceptors (Lipinski definition) is 6. The molecule has 8 nitrogen and oxygen atoms in total. The predicted octanol–water partition coefficient (Wildman–Crippen LogP) is 4.16. The number of imidazole rings is 1. The highest BCUT2D eigenvalue weighted by Crippen LogP contribution is 2.36. The van der Waals surface area contributed by atoms with E-state index in [-0.39, 0.29) is 28.1 Å². The average molecular weight is 512 g/mol. The Morgan fingerprint density at radius 1 is 1.24 bits per heavy atom. The molecule has 2 aromatic heterocycles. The largest absolute Gasteiger partial charge is 0.485 e. The van der Waals surface area contributed by atoms with Gasteiger partial charge in [0, 0.05) is 29.0 Å². The van der Waals surface area contributed by atoms with Crippen LogP contribution in [0.5, 0.6) is 5.75 Å². The summed E-state index contributed by atoms with van der Waals surface area (Å²) in [6, 6.07) is 5.54. The molecule has 1 fully saturated rings. The van der Waals surface area contributed by atoms with Crippen molar-refractivity contribution in [1.82, 2.24) is 13.7 Å². The minimum absolute atomic E-state index is 0.0410. The zero-order valence-corrected chi connectivity index (χ0v) is 20.7. The Labute approximate surface area is 202 Å². The second-order valence-electron chi connectivity index (χ2n) is 7.77. The number of aromatic nitrogens is 2. The van der Waals surface area contributed by atoms with Crippen molar-refractivity contribution < 1.29 is 22.7 Å². The Kier molecular flexibility index (Phi) is 6.59. The molecular weight excluding hydrogens is 489 g/mol. The van der Waals surface area contributed by atoms with Crippen LogP contribution in [0, 0.1) is 13.8 Å². The summed E-state index contributed by atoms with van der Waals surface area (Å²) in [6.07, 6.45) is 2.83. The topological polar surface area (TPSA) is 90.2 Å². The van der Waals surface area contributed by atoms with Crippen LogP contribution >= 0.6 is 23.2 Å². The van der Waals surface area contributed by atoms with Crippen molar-refractivity contribution in [1.29, 1.82) is 0 Å². The van der Waals surface area contributed by atoms with Gasteiger partial charge in [-0.2, -0.15) is 4.31 Å². The Morgan fingerprint density at radius 3 is 2.73 bits per heavy atom. The number of rotatable bonds is 6. The van der Waals surface area contributed by atoms with Crippen molar-refractivity contribution >= 4 is 44.8 Å². The number of pyridine rings is 1. The van der Waals surface area contributed by atoms with E-state index in [1.54, 1.807) is 6.07 Å². The quantitative estimate of drug-likeness (QED) is 0.461. The minimum atomic E-state index is -4.06. The molecule has 3 heterocycles. The molecule has 0 radical (unpaired) electrons. The molecule has 1 aromatic carbocycles. The molecule has 3 aromatic rings. The highest BCUT2D eigenvalue weighted by molar-refractivity contribution is 7.89. The molecule has 1 aliphatic rings. The van der Waals surface area contributed by atoms with Crippen molar-refractivity contribution in [3.8, 4) is 5.75 Å². The fourth-order valence-electron chi connectivity index (χ4n) is 3.97. The maximum absolute atomic E-state index is 13.4. The van der Waals surface area contributed by atoms with Crippen molar-refractivity contribution in [2.45, 2.75) is 44.2 Å². The van der Waals surface area contributed by atoms with Crippen LogP contribution in [0.15, 0.2) is 35.4 Å². The first-order chi connectivity index (χ1) is 15.7. The predicted molar refractivity (Wildman–Crippen MR) is 124 cm³/mol. The number of sulfonamides is 1. The van der Waals surface area contributed by atoms with Crippen molar-refractivity contribution in [3.63, 3.8) is 0 Å². The maximum atomic E-state index is 13.4. The van der Waals surface area contributed by atoms with Crippen LogP contribution in [-0.2, 0) is 26.2 Å². The second kappa shape index (κ2) is 9.13. The molecule has 1 aliphatic heterocycles. The lowest BCUT2D eigenvalue weighted by Gasteiger charge is -2.23. The molecule has 1 saturated heterocycles. The molecule has 4 rings (SSSR count). The molecule has 1 atom stereocenters. The van der Waals surface area contributed by atoms with Crippen LogP contribution in [0.4, 0.5) is 0 Å². The van der Waals surface area contributed by atoms with Gasteiger partial charge in [-0.3, -0.25) is 4.79 Å². The van der Waals surface area contributed by atoms with E-state index >= 15 is 0 Å². The summed E-state index contributed by atoms with van der Waals surface area (Å²) in [4.78, 5) is 16.5. The SMILES string of the molecule is COC(=O)[C@@H]1CCCN1S(=O)(=O)c1ccc(Cl)c(COc2cccn3c(C)c(C)nc23)c1Cl. The van der Waals surface area contributed by atoms with Gasteiger partial charge in [0.2, 0.25) is 10.0 Å². The first-order valence-electron chi connectivity index (χ1n) is 10.3. The highest BCUT2D eigenvalue weighted by Gasteiger charge is 2.41. The molecule has 33 heavy (non-hydrogen) atoms. The van der Waals surface area contributed by atoms with Gasteiger partial charge in [-0.25, -0.2) is 13.4 Å². The van der Waals surface area contributed by atoms with Gasteiger partial charge in [-0.1, -0.05) is 23.2 Å². The van der Waals surface area contributed by atoms with Crippen LogP contribution in [-0.4, -0.2) is 47.8 Å². The first kappa shape index (κ1) is 23.8. The minimum Gasteiger partial charge on any atom is -0.485 e. The van der Waals surface area contributed by atoms with Gasteiger partial charge in [0.1, 0.15) is 17.5 Å². The summed E-state index contributed by atoms with van der Waals surface area (Å²) in [5.41, 5.74) is 2.84. The number of benzene rings is 1. The Hall–Kier alpha value is -2.33. The molecule has 0 aliphatic carbocycles. The fourth-order valence-corrected chi connectivity index (χ4v) is 6.48. The van der Waals surface area contributed by atoms with E-state index in [0.717, 1.165) is 15.7 Å². The number of ether oxygens (including phenoxy) is 2. The molecule has 0 spiro atoms. The zero-order valence-electron chi connectivity index (χ0n) is 18.3. The molecule has 0 N–H and O–H groups in total. The molecule has 0 saturated carbocycles. The van der Waals surface area contributed by atoms with Crippen LogP contribution < -0.4 is 4.74 Å². The summed E-state index contributed by atoms with van der Waals surface area (Å²) in [6.45, 7) is 4.01. The monoisotopic (exact) mass is 511 g/mol. The van der Waals surface area contributed by atoms with E-state index in [4.69, 9.17) is 32.7 Å². The fraction of sp³-hybridized carbons (Fsp3) is 0.364. The van der Waals surface area contributed by atoms with E-state index in [1.165, 1.54) is 19.2 Å². The average Bonchev–Trinajstić information content (AvgIpc) is 3.39. The van der Waals surface area contributed by atoms with Crippen molar-refractivity contribution in [2.75, 3.05) is 13.7 Å². The van der Waals surface area contributed by atoms with Crippen molar-refractivity contribution in [3.05, 3.63) is 57.5 Å². The number of methoxy groups -OCH3 is 1. The maximum Gasteiger partial charge on any atom is 0.324 e. The molecule has 0 unspecified atom stereocenters. The van der Waals surface area contributed by atoms with Gasteiger partial charge in [0.25, 0.3) is 0 Å². The number of fused-ring (bicyclic) bond motifs is 1. The normalized spacial score (nSPS) is 16.9. The number of carbonyl (C=O) groups is 1. The number of hydrogen-bond donors (Lipinski definition) is 0. The number of nitrogens with zero attached hydrogens (tertiary/aromatic N) is 3. The van der Waals surface area contributed by atoms with Crippen LogP contribution in [0.3, 0.4) is 0 Å². The van der Waals surface area contributed by atoms with E-state index in [0.29, 0.717) is 29.8 Å². The number of aryl methyl sites for hydroxylation is 2. The van der Waals surface area contributed by atoms with Gasteiger partial charge < -0.3 is 13.9 Å². The van der Waals surface area contributed by atoms with Gasteiger partial charge in [-0.15, -0.1) is 0 Å². The summed E-state index contributed by atoms with van der Waals surface area (Å²) in [5.74, 6) is -0.0810. The van der Waals surface area contributed by atoms with E-state index in [9.17, 15) is 13.2 Å². The van der Waals surface area contributed by atoms with Gasteiger partial charge >= 0.3 is 5.97 Å². The summed E-state index contributed by atoms with van der Waals surface area (Å²) in [5, 5.41) is 0.230. The van der Waals surface area contributed by atoms with E-state index in [2.05, 4.69) is 4.98 Å². The van der Waals surface area contributed by atoms with Crippen LogP contribution in [0.25, 0.3) is 5.65 Å². The third kappa shape index (κ3) is 4.19. The molecule has 0 bridgehead atoms. The standard InChI is InChI=1S/C22H23Cl2N3O5S/c1-13-14(2)26-10-5-7-18(21(26)25-13)32-12-15-16(23)8-9-19(20(15)24)33(29,30)27-11-4-6-17(27)22(28)31-3/h5,7-10,17H,4,6,11-12H2,1-3H3/t17-/m0/s1. The number of carbonyl (C=O) groups excluding carboxylic acids is 1. The third-order valence-corrected chi connectivity index (χ3v) is 8.72. The Balaban J connectivity index is 1.67. The lowest BCUT2D eigenvalue weighted by molar-refractivity contribution is -0.144. The lowest BCUT2D eigenvalue weighted by atomic mass is 10.2. The molecule has 176 valence electrons. The van der Waals surface area contributed by atoms with Crippen molar-refractivity contribution in [2.24, 2.45) is 0 Å². The first-order valence-corrected chi connectivity index (χ1v) is 12.5. The van der Waals surface area contributed by atoms with Gasteiger partial charge in [-0.05, 0) is 51.0 Å².